The van der Waals surface area contributed by atoms with Crippen LogP contribution in [0.4, 0.5) is 0 Å². The first-order valence-corrected chi connectivity index (χ1v) is 5.90. The molecule has 2 rings (SSSR count). The van der Waals surface area contributed by atoms with E-state index in [1.165, 1.54) is 11.3 Å². The highest BCUT2D eigenvalue weighted by atomic mass is 79.9. The third-order valence-electron chi connectivity index (χ3n) is 2.45. The Morgan fingerprint density at radius 1 is 1.77 bits per heavy atom. The van der Waals surface area contributed by atoms with Gasteiger partial charge in [0.2, 0.25) is 0 Å². The van der Waals surface area contributed by atoms with Gasteiger partial charge in [0.1, 0.15) is 0 Å². The van der Waals surface area contributed by atoms with Crippen LogP contribution < -0.4 is 10.5 Å². The van der Waals surface area contributed by atoms with Crippen LogP contribution in [0.2, 0.25) is 0 Å². The van der Waals surface area contributed by atoms with Crippen molar-refractivity contribution < 1.29 is 4.74 Å². The molecule has 0 aliphatic heterocycles. The predicted octanol–water partition coefficient (Wildman–Crippen LogP) is 2.58. The summed E-state index contributed by atoms with van der Waals surface area (Å²) < 4.78 is 6.28. The minimum Gasteiger partial charge on any atom is -0.486 e. The lowest BCUT2D eigenvalue weighted by Crippen LogP contribution is -2.01. The molecule has 72 valence electrons. The van der Waals surface area contributed by atoms with Crippen LogP contribution in [-0.2, 0) is 0 Å². The van der Waals surface area contributed by atoms with Gasteiger partial charge in [-0.25, -0.2) is 0 Å². The van der Waals surface area contributed by atoms with E-state index < -0.39 is 0 Å². The van der Waals surface area contributed by atoms with Crippen molar-refractivity contribution in [3.8, 4) is 5.06 Å². The van der Waals surface area contributed by atoms with E-state index in [0.717, 1.165) is 16.1 Å². The lowest BCUT2D eigenvalue weighted by atomic mass is 10.3. The number of thiophene rings is 1. The van der Waals surface area contributed by atoms with Crippen molar-refractivity contribution in [1.29, 1.82) is 0 Å². The Balaban J connectivity index is 2.14. The normalized spacial score (nSPS) is 26.1. The van der Waals surface area contributed by atoms with Gasteiger partial charge in [-0.15, -0.1) is 11.3 Å². The number of hydrogen-bond acceptors (Lipinski definition) is 3. The molecule has 1 saturated carbocycles. The predicted molar refractivity (Wildman–Crippen MR) is 58.5 cm³/mol. The Hall–Kier alpha value is -0.0600. The van der Waals surface area contributed by atoms with Gasteiger partial charge in [-0.3, -0.25) is 0 Å². The van der Waals surface area contributed by atoms with Crippen LogP contribution >= 0.6 is 27.3 Å². The van der Waals surface area contributed by atoms with Crippen LogP contribution in [0.1, 0.15) is 17.2 Å². The first kappa shape index (κ1) is 9.49. The van der Waals surface area contributed by atoms with Crippen molar-refractivity contribution in [1.82, 2.24) is 0 Å². The highest BCUT2D eigenvalue weighted by Gasteiger charge is 2.38. The molecule has 2 atom stereocenters. The van der Waals surface area contributed by atoms with Crippen molar-refractivity contribution in [2.75, 3.05) is 13.7 Å². The fourth-order valence-electron chi connectivity index (χ4n) is 1.55. The molecule has 0 saturated heterocycles. The molecular weight excluding hydrogens is 250 g/mol. The smallest absolute Gasteiger partial charge is 0.188 e. The van der Waals surface area contributed by atoms with Crippen LogP contribution in [0.25, 0.3) is 0 Å². The molecule has 1 aliphatic rings. The van der Waals surface area contributed by atoms with Gasteiger partial charge in [-0.1, -0.05) is 0 Å². The molecule has 0 bridgehead atoms. The number of ether oxygens (including phenoxy) is 1. The summed E-state index contributed by atoms with van der Waals surface area (Å²) in [5.41, 5.74) is 5.60. The third-order valence-corrected chi connectivity index (χ3v) is 4.53. The minimum absolute atomic E-state index is 0.690. The molecule has 4 heteroatoms. The van der Waals surface area contributed by atoms with Gasteiger partial charge in [0.15, 0.2) is 5.06 Å². The zero-order chi connectivity index (χ0) is 9.42. The van der Waals surface area contributed by atoms with Crippen molar-refractivity contribution in [2.24, 2.45) is 11.7 Å². The summed E-state index contributed by atoms with van der Waals surface area (Å²) in [6.07, 6.45) is 1.24. The summed E-state index contributed by atoms with van der Waals surface area (Å²) in [4.78, 5) is 1.40. The Bertz CT molecular complexity index is 313. The van der Waals surface area contributed by atoms with Gasteiger partial charge in [0, 0.05) is 4.88 Å². The van der Waals surface area contributed by atoms with Crippen LogP contribution in [0.5, 0.6) is 5.06 Å². The van der Waals surface area contributed by atoms with Crippen LogP contribution in [0, 0.1) is 5.92 Å². The van der Waals surface area contributed by atoms with Gasteiger partial charge in [0.05, 0.1) is 11.6 Å². The topological polar surface area (TPSA) is 35.2 Å². The summed E-state index contributed by atoms with van der Waals surface area (Å²) in [7, 11) is 1.70. The number of halogens is 1. The lowest BCUT2D eigenvalue weighted by Gasteiger charge is -1.92. The lowest BCUT2D eigenvalue weighted by molar-refractivity contribution is 0.425. The first-order valence-electron chi connectivity index (χ1n) is 4.29. The van der Waals surface area contributed by atoms with Crippen molar-refractivity contribution in [3.63, 3.8) is 0 Å². The second-order valence-corrected chi connectivity index (χ2v) is 5.23. The molecule has 0 amide bonds. The second-order valence-electron chi connectivity index (χ2n) is 3.33. The van der Waals surface area contributed by atoms with Crippen LogP contribution in [0.15, 0.2) is 10.5 Å². The SMILES string of the molecule is COc1sc(C2CC2CN)cc1Br. The zero-order valence-electron chi connectivity index (χ0n) is 7.42. The molecular formula is C9H12BrNOS. The van der Waals surface area contributed by atoms with Crippen molar-refractivity contribution in [3.05, 3.63) is 15.4 Å². The number of methoxy groups -OCH3 is 1. The van der Waals surface area contributed by atoms with Gasteiger partial charge in [0.25, 0.3) is 0 Å². The average Bonchev–Trinajstić information content (AvgIpc) is 2.83. The molecule has 1 aromatic heterocycles. The van der Waals surface area contributed by atoms with E-state index in [1.54, 1.807) is 18.4 Å². The largest absolute Gasteiger partial charge is 0.486 e. The maximum absolute atomic E-state index is 5.60. The maximum Gasteiger partial charge on any atom is 0.188 e. The highest BCUT2D eigenvalue weighted by Crippen LogP contribution is 2.51. The summed E-state index contributed by atoms with van der Waals surface area (Å²) >= 11 is 5.19. The third kappa shape index (κ3) is 1.75. The molecule has 0 spiro atoms. The maximum atomic E-state index is 5.60. The molecule has 0 aromatic carbocycles. The molecule has 1 fully saturated rings. The fourth-order valence-corrected chi connectivity index (χ4v) is 3.42. The minimum atomic E-state index is 0.690. The molecule has 2 N–H and O–H groups in total. The van der Waals surface area contributed by atoms with E-state index in [-0.39, 0.29) is 0 Å². The molecule has 13 heavy (non-hydrogen) atoms. The van der Waals surface area contributed by atoms with E-state index in [2.05, 4.69) is 22.0 Å². The van der Waals surface area contributed by atoms with E-state index in [0.29, 0.717) is 11.8 Å². The van der Waals surface area contributed by atoms with Crippen molar-refractivity contribution >= 4 is 27.3 Å². The summed E-state index contributed by atoms with van der Waals surface area (Å²) in [5.74, 6) is 1.39. The Morgan fingerprint density at radius 3 is 3.00 bits per heavy atom. The second kappa shape index (κ2) is 3.59. The van der Waals surface area contributed by atoms with Crippen LogP contribution in [-0.4, -0.2) is 13.7 Å². The quantitative estimate of drug-likeness (QED) is 0.908. The first-order chi connectivity index (χ1) is 6.26. The van der Waals surface area contributed by atoms with Gasteiger partial charge < -0.3 is 10.5 Å². The van der Waals surface area contributed by atoms with E-state index in [9.17, 15) is 0 Å². The number of rotatable bonds is 3. The molecule has 0 radical (unpaired) electrons. The Kier molecular flexibility index (Phi) is 2.62. The highest BCUT2D eigenvalue weighted by molar-refractivity contribution is 9.10. The number of nitrogens with two attached hydrogens (primary N) is 1. The van der Waals surface area contributed by atoms with Crippen molar-refractivity contribution in [2.45, 2.75) is 12.3 Å². The number of hydrogen-bond donors (Lipinski definition) is 1. The molecule has 2 unspecified atom stereocenters. The summed E-state index contributed by atoms with van der Waals surface area (Å²) in [6, 6.07) is 2.16. The standard InChI is InChI=1S/C9H12BrNOS/c1-12-9-7(10)3-8(13-9)6-2-5(6)4-11/h3,5-6H,2,4,11H2,1H3. The molecule has 1 aromatic rings. The van der Waals surface area contributed by atoms with Crippen LogP contribution in [0.3, 0.4) is 0 Å². The van der Waals surface area contributed by atoms with Gasteiger partial charge in [-0.2, -0.15) is 0 Å². The molecule has 1 heterocycles. The Labute approximate surface area is 90.2 Å². The molecule has 1 aliphatic carbocycles. The van der Waals surface area contributed by atoms with E-state index in [1.807, 2.05) is 0 Å². The van der Waals surface area contributed by atoms with E-state index >= 15 is 0 Å². The molecule has 2 nitrogen and oxygen atoms in total. The zero-order valence-corrected chi connectivity index (χ0v) is 9.82. The Morgan fingerprint density at radius 2 is 2.54 bits per heavy atom. The van der Waals surface area contributed by atoms with E-state index in [4.69, 9.17) is 10.5 Å². The monoisotopic (exact) mass is 261 g/mol. The summed E-state index contributed by atoms with van der Waals surface area (Å²) in [6.45, 7) is 0.808. The summed E-state index contributed by atoms with van der Waals surface area (Å²) in [5, 5.41) is 0.970. The fraction of sp³-hybridized carbons (Fsp3) is 0.556. The van der Waals surface area contributed by atoms with Gasteiger partial charge in [-0.05, 0) is 46.8 Å². The average molecular weight is 262 g/mol. The van der Waals surface area contributed by atoms with Gasteiger partial charge >= 0.3 is 0 Å².